The highest BCUT2D eigenvalue weighted by molar-refractivity contribution is 7.89. The molecule has 0 radical (unpaired) electrons. The number of rotatable bonds is 3. The Morgan fingerprint density at radius 1 is 1.35 bits per heavy atom. The molecule has 20 heavy (non-hydrogen) atoms. The molecule has 0 amide bonds. The number of ether oxygens (including phenoxy) is 1. The lowest BCUT2D eigenvalue weighted by molar-refractivity contribution is -0.0441. The van der Waals surface area contributed by atoms with Crippen molar-refractivity contribution in [3.8, 4) is 0 Å². The molecule has 0 bridgehead atoms. The molecule has 2 rings (SSSR count). The minimum Gasteiger partial charge on any atom is -0.373 e. The van der Waals surface area contributed by atoms with E-state index >= 15 is 0 Å². The normalized spacial score (nSPS) is 24.8. The van der Waals surface area contributed by atoms with Crippen molar-refractivity contribution < 1.29 is 17.5 Å². The van der Waals surface area contributed by atoms with Crippen LogP contribution in [0.15, 0.2) is 23.1 Å². The zero-order chi connectivity index (χ0) is 14.9. The van der Waals surface area contributed by atoms with Gasteiger partial charge >= 0.3 is 0 Å². The second kappa shape index (κ2) is 5.77. The van der Waals surface area contributed by atoms with E-state index in [2.05, 4.69) is 0 Å². The summed E-state index contributed by atoms with van der Waals surface area (Å²) in [5.41, 5.74) is 5.51. The Morgan fingerprint density at radius 3 is 2.50 bits per heavy atom. The third-order valence-electron chi connectivity index (χ3n) is 3.28. The lowest BCUT2D eigenvalue weighted by Gasteiger charge is -2.34. The summed E-state index contributed by atoms with van der Waals surface area (Å²) in [5.74, 6) is -0.595. The first-order valence-electron chi connectivity index (χ1n) is 6.49. The Kier molecular flexibility index (Phi) is 4.43. The van der Waals surface area contributed by atoms with Crippen molar-refractivity contribution in [2.24, 2.45) is 5.73 Å². The molecule has 2 N–H and O–H groups in total. The molecule has 0 aromatic heterocycles. The monoisotopic (exact) mass is 302 g/mol. The fourth-order valence-electron chi connectivity index (χ4n) is 2.44. The molecule has 1 aromatic rings. The maximum Gasteiger partial charge on any atom is 0.243 e. The fraction of sp³-hybridized carbons (Fsp3) is 0.538. The topological polar surface area (TPSA) is 72.6 Å². The molecule has 2 atom stereocenters. The van der Waals surface area contributed by atoms with E-state index in [4.69, 9.17) is 10.5 Å². The number of nitrogens with zero attached hydrogens (tertiary/aromatic N) is 1. The summed E-state index contributed by atoms with van der Waals surface area (Å²) >= 11 is 0. The van der Waals surface area contributed by atoms with Crippen LogP contribution in [0, 0.1) is 5.82 Å². The molecule has 1 heterocycles. The van der Waals surface area contributed by atoms with Gasteiger partial charge in [0.1, 0.15) is 5.82 Å². The lowest BCUT2D eigenvalue weighted by Crippen LogP contribution is -2.48. The molecule has 1 fully saturated rings. The molecule has 0 unspecified atom stereocenters. The highest BCUT2D eigenvalue weighted by Crippen LogP contribution is 2.25. The number of morpholine rings is 1. The lowest BCUT2D eigenvalue weighted by atomic mass is 10.2. The summed E-state index contributed by atoms with van der Waals surface area (Å²) < 4.78 is 45.9. The van der Waals surface area contributed by atoms with Crippen molar-refractivity contribution in [3.63, 3.8) is 0 Å². The van der Waals surface area contributed by atoms with Crippen LogP contribution in [0.3, 0.4) is 0 Å². The van der Waals surface area contributed by atoms with Gasteiger partial charge in [-0.25, -0.2) is 12.8 Å². The van der Waals surface area contributed by atoms with Crippen LogP contribution in [0.1, 0.15) is 19.4 Å². The van der Waals surface area contributed by atoms with Gasteiger partial charge in [-0.3, -0.25) is 0 Å². The van der Waals surface area contributed by atoms with E-state index in [1.165, 1.54) is 22.5 Å². The van der Waals surface area contributed by atoms with Gasteiger partial charge in [-0.15, -0.1) is 0 Å². The minimum absolute atomic E-state index is 0.0271. The van der Waals surface area contributed by atoms with E-state index in [1.807, 2.05) is 13.8 Å². The van der Waals surface area contributed by atoms with Gasteiger partial charge in [-0.1, -0.05) is 6.07 Å². The van der Waals surface area contributed by atoms with Crippen molar-refractivity contribution in [3.05, 3.63) is 29.6 Å². The van der Waals surface area contributed by atoms with Crippen LogP contribution in [-0.4, -0.2) is 38.0 Å². The standard InChI is InChI=1S/C13H19FN2O3S/c1-9-7-16(8-10(2)19-9)20(17,18)13-5-3-4-12(14)11(13)6-15/h3-5,9-10H,6-8,15H2,1-2H3/t9-,10+. The fourth-order valence-corrected chi connectivity index (χ4v) is 4.28. The number of nitrogens with two attached hydrogens (primary N) is 1. The molecule has 0 saturated carbocycles. The molecular formula is C13H19FN2O3S. The third-order valence-corrected chi connectivity index (χ3v) is 5.20. The van der Waals surface area contributed by atoms with Crippen LogP contribution in [0.4, 0.5) is 4.39 Å². The predicted octanol–water partition coefficient (Wildman–Crippen LogP) is 1.08. The number of halogens is 1. The average molecular weight is 302 g/mol. The maximum absolute atomic E-state index is 13.7. The van der Waals surface area contributed by atoms with Gasteiger partial charge in [0.15, 0.2) is 0 Å². The largest absolute Gasteiger partial charge is 0.373 e. The summed E-state index contributed by atoms with van der Waals surface area (Å²) in [4.78, 5) is -0.0544. The first kappa shape index (κ1) is 15.4. The zero-order valence-electron chi connectivity index (χ0n) is 11.5. The number of hydrogen-bond donors (Lipinski definition) is 1. The number of hydrogen-bond acceptors (Lipinski definition) is 4. The van der Waals surface area contributed by atoms with Gasteiger partial charge in [0, 0.05) is 25.2 Å². The molecule has 0 spiro atoms. The van der Waals surface area contributed by atoms with Crippen molar-refractivity contribution in [1.29, 1.82) is 0 Å². The van der Waals surface area contributed by atoms with Crippen LogP contribution < -0.4 is 5.73 Å². The van der Waals surface area contributed by atoms with Crippen LogP contribution in [0.5, 0.6) is 0 Å². The van der Waals surface area contributed by atoms with Gasteiger partial charge in [-0.05, 0) is 26.0 Å². The van der Waals surface area contributed by atoms with E-state index in [9.17, 15) is 12.8 Å². The first-order chi connectivity index (χ1) is 9.36. The molecule has 1 saturated heterocycles. The summed E-state index contributed by atoms with van der Waals surface area (Å²) in [5, 5.41) is 0. The van der Waals surface area contributed by atoms with Crippen LogP contribution in [0.25, 0.3) is 0 Å². The van der Waals surface area contributed by atoms with E-state index in [0.29, 0.717) is 0 Å². The second-order valence-electron chi connectivity index (χ2n) is 5.00. The second-order valence-corrected chi connectivity index (χ2v) is 6.91. The SMILES string of the molecule is C[C@@H]1CN(S(=O)(=O)c2cccc(F)c2CN)C[C@H](C)O1. The molecule has 5 nitrogen and oxygen atoms in total. The van der Waals surface area contributed by atoms with E-state index in [1.54, 1.807) is 0 Å². The quantitative estimate of drug-likeness (QED) is 0.907. The van der Waals surface area contributed by atoms with Gasteiger partial charge in [0.2, 0.25) is 10.0 Å². The van der Waals surface area contributed by atoms with E-state index < -0.39 is 15.8 Å². The summed E-state index contributed by atoms with van der Waals surface area (Å²) in [7, 11) is -3.76. The van der Waals surface area contributed by atoms with Gasteiger partial charge < -0.3 is 10.5 Å². The van der Waals surface area contributed by atoms with Gasteiger partial charge in [0.25, 0.3) is 0 Å². The van der Waals surface area contributed by atoms with Crippen molar-refractivity contribution in [2.45, 2.75) is 37.5 Å². The Balaban J connectivity index is 2.43. The molecular weight excluding hydrogens is 283 g/mol. The maximum atomic E-state index is 13.7. The van der Waals surface area contributed by atoms with Crippen molar-refractivity contribution in [1.82, 2.24) is 4.31 Å². The smallest absolute Gasteiger partial charge is 0.243 e. The molecule has 0 aliphatic carbocycles. The highest BCUT2D eigenvalue weighted by Gasteiger charge is 2.33. The van der Waals surface area contributed by atoms with Crippen molar-refractivity contribution in [2.75, 3.05) is 13.1 Å². The van der Waals surface area contributed by atoms with E-state index in [-0.39, 0.29) is 42.3 Å². The first-order valence-corrected chi connectivity index (χ1v) is 7.93. The molecule has 1 aliphatic heterocycles. The third kappa shape index (κ3) is 2.85. The van der Waals surface area contributed by atoms with Crippen LogP contribution >= 0.6 is 0 Å². The van der Waals surface area contributed by atoms with E-state index in [0.717, 1.165) is 0 Å². The van der Waals surface area contributed by atoms with Gasteiger partial charge in [0.05, 0.1) is 17.1 Å². The van der Waals surface area contributed by atoms with Crippen LogP contribution in [-0.2, 0) is 21.3 Å². The Hall–Kier alpha value is -1.02. The van der Waals surface area contributed by atoms with Crippen molar-refractivity contribution >= 4 is 10.0 Å². The molecule has 1 aliphatic rings. The average Bonchev–Trinajstić information content (AvgIpc) is 2.37. The summed E-state index contributed by atoms with van der Waals surface area (Å²) in [6.45, 7) is 3.98. The minimum atomic E-state index is -3.76. The number of benzene rings is 1. The molecule has 112 valence electrons. The van der Waals surface area contributed by atoms with Crippen LogP contribution in [0.2, 0.25) is 0 Å². The highest BCUT2D eigenvalue weighted by atomic mass is 32.2. The zero-order valence-corrected chi connectivity index (χ0v) is 12.4. The Bertz CT molecular complexity index is 581. The summed E-state index contributed by atoms with van der Waals surface area (Å²) in [6.07, 6.45) is -0.383. The Morgan fingerprint density at radius 2 is 1.95 bits per heavy atom. The molecule has 1 aromatic carbocycles. The number of sulfonamides is 1. The molecule has 7 heteroatoms. The summed E-state index contributed by atoms with van der Waals surface area (Å²) in [6, 6.07) is 3.99. The van der Waals surface area contributed by atoms with Gasteiger partial charge in [-0.2, -0.15) is 4.31 Å². The Labute approximate surface area is 118 Å². The predicted molar refractivity (Wildman–Crippen MR) is 73.1 cm³/mol.